The van der Waals surface area contributed by atoms with Crippen LogP contribution in [0.25, 0.3) is 0 Å². The molecule has 0 radical (unpaired) electrons. The number of likely N-dealkylation sites (tertiary alicyclic amines) is 1. The summed E-state index contributed by atoms with van der Waals surface area (Å²) < 4.78 is 0. The third kappa shape index (κ3) is 4.21. The molecule has 3 atom stereocenters. The van der Waals surface area contributed by atoms with Crippen LogP contribution in [-0.2, 0) is 0 Å². The van der Waals surface area contributed by atoms with Crippen molar-refractivity contribution in [3.8, 4) is 0 Å². The third-order valence-electron chi connectivity index (χ3n) is 5.60. The quantitative estimate of drug-likeness (QED) is 0.756. The number of nitrogens with one attached hydrogen (secondary N) is 1. The van der Waals surface area contributed by atoms with Gasteiger partial charge in [-0.2, -0.15) is 0 Å². The average Bonchev–Trinajstić information content (AvgIpc) is 2.46. The number of rotatable bonds is 7. The summed E-state index contributed by atoms with van der Waals surface area (Å²) in [4.78, 5) is 2.88. The van der Waals surface area contributed by atoms with Crippen LogP contribution in [0.2, 0.25) is 0 Å². The van der Waals surface area contributed by atoms with Gasteiger partial charge in [0.2, 0.25) is 0 Å². The van der Waals surface area contributed by atoms with Crippen molar-refractivity contribution in [2.75, 3.05) is 26.2 Å². The van der Waals surface area contributed by atoms with Gasteiger partial charge in [0.05, 0.1) is 0 Å². The van der Waals surface area contributed by atoms with Gasteiger partial charge >= 0.3 is 0 Å². The fourth-order valence-electron chi connectivity index (χ4n) is 4.67. The molecule has 1 heterocycles. The highest BCUT2D eigenvalue weighted by Crippen LogP contribution is 2.37. The molecule has 0 bridgehead atoms. The largest absolute Gasteiger partial charge is 0.316 e. The first-order valence-corrected chi connectivity index (χ1v) is 9.13. The summed E-state index contributed by atoms with van der Waals surface area (Å²) in [5, 5.41) is 3.61. The fourth-order valence-corrected chi connectivity index (χ4v) is 4.67. The molecule has 0 aromatic heterocycles. The molecule has 2 nitrogen and oxygen atoms in total. The maximum absolute atomic E-state index is 3.61. The Bertz CT molecular complexity index is 277. The number of fused-ring (bicyclic) bond motifs is 1. The summed E-state index contributed by atoms with van der Waals surface area (Å²) in [5.74, 6) is 1.02. The van der Waals surface area contributed by atoms with Crippen LogP contribution >= 0.6 is 0 Å². The molecule has 2 heteroatoms. The molecule has 2 fully saturated rings. The van der Waals surface area contributed by atoms with E-state index in [0.717, 1.165) is 18.5 Å². The van der Waals surface area contributed by atoms with E-state index < -0.39 is 0 Å². The maximum atomic E-state index is 3.61. The van der Waals surface area contributed by atoms with Crippen molar-refractivity contribution in [2.45, 2.75) is 78.2 Å². The molecule has 2 rings (SSSR count). The predicted molar refractivity (Wildman–Crippen MR) is 88.1 cm³/mol. The molecular weight excluding hydrogens is 244 g/mol. The summed E-state index contributed by atoms with van der Waals surface area (Å²) in [6.45, 7) is 12.0. The predicted octanol–water partition coefficient (Wildman–Crippen LogP) is 4.06. The summed E-state index contributed by atoms with van der Waals surface area (Å²) in [7, 11) is 0. The zero-order valence-electron chi connectivity index (χ0n) is 14.1. The summed E-state index contributed by atoms with van der Waals surface area (Å²) >= 11 is 0. The van der Waals surface area contributed by atoms with E-state index in [1.165, 1.54) is 71.0 Å². The SMILES string of the molecule is CCCC(C)(CNCC)CN1CCCC2CCCCC21. The molecule has 1 aliphatic carbocycles. The molecule has 2 aliphatic rings. The Morgan fingerprint density at radius 1 is 1.10 bits per heavy atom. The van der Waals surface area contributed by atoms with Gasteiger partial charge in [0.1, 0.15) is 0 Å². The number of nitrogens with zero attached hydrogens (tertiary/aromatic N) is 1. The van der Waals surface area contributed by atoms with Crippen LogP contribution in [0, 0.1) is 11.3 Å². The first-order valence-electron chi connectivity index (χ1n) is 9.13. The molecule has 1 aliphatic heterocycles. The minimum absolute atomic E-state index is 0.462. The molecule has 0 aromatic carbocycles. The van der Waals surface area contributed by atoms with Crippen LogP contribution in [0.3, 0.4) is 0 Å². The van der Waals surface area contributed by atoms with Gasteiger partial charge in [0.15, 0.2) is 0 Å². The van der Waals surface area contributed by atoms with Gasteiger partial charge in [-0.25, -0.2) is 0 Å². The van der Waals surface area contributed by atoms with E-state index in [0.29, 0.717) is 5.41 Å². The minimum atomic E-state index is 0.462. The molecule has 0 spiro atoms. The van der Waals surface area contributed by atoms with Gasteiger partial charge in [-0.15, -0.1) is 0 Å². The van der Waals surface area contributed by atoms with Gasteiger partial charge in [-0.3, -0.25) is 4.90 Å². The van der Waals surface area contributed by atoms with Gasteiger partial charge < -0.3 is 5.32 Å². The highest BCUT2D eigenvalue weighted by Gasteiger charge is 2.36. The average molecular weight is 280 g/mol. The topological polar surface area (TPSA) is 15.3 Å². The molecule has 1 N–H and O–H groups in total. The normalized spacial score (nSPS) is 30.8. The van der Waals surface area contributed by atoms with E-state index in [1.807, 2.05) is 0 Å². The van der Waals surface area contributed by atoms with Gasteiger partial charge in [0.25, 0.3) is 0 Å². The second-order valence-electron chi connectivity index (χ2n) is 7.57. The summed E-state index contributed by atoms with van der Waals surface area (Å²) in [6, 6.07) is 0.912. The Balaban J connectivity index is 1.96. The Labute approximate surface area is 126 Å². The van der Waals surface area contributed by atoms with Crippen molar-refractivity contribution in [3.63, 3.8) is 0 Å². The highest BCUT2D eigenvalue weighted by atomic mass is 15.2. The summed E-state index contributed by atoms with van der Waals surface area (Å²) in [5.41, 5.74) is 0.462. The smallest absolute Gasteiger partial charge is 0.0124 e. The minimum Gasteiger partial charge on any atom is -0.316 e. The molecule has 1 saturated carbocycles. The van der Waals surface area contributed by atoms with Crippen molar-refractivity contribution < 1.29 is 0 Å². The molecule has 0 aromatic rings. The first-order chi connectivity index (χ1) is 9.68. The monoisotopic (exact) mass is 280 g/mol. The number of piperidine rings is 1. The van der Waals surface area contributed by atoms with Crippen LogP contribution in [0.15, 0.2) is 0 Å². The Morgan fingerprint density at radius 2 is 1.85 bits per heavy atom. The first kappa shape index (κ1) is 16.3. The lowest BCUT2D eigenvalue weighted by molar-refractivity contribution is 0.0252. The Hall–Kier alpha value is -0.0800. The second-order valence-corrected chi connectivity index (χ2v) is 7.57. The Kier molecular flexibility index (Phi) is 6.35. The van der Waals surface area contributed by atoms with Crippen LogP contribution in [-0.4, -0.2) is 37.1 Å². The van der Waals surface area contributed by atoms with Crippen LogP contribution < -0.4 is 5.32 Å². The molecular formula is C18H36N2. The standard InChI is InChI=1S/C18H36N2/c1-4-12-18(3,14-19-5-2)15-20-13-8-10-16-9-6-7-11-17(16)20/h16-17,19H,4-15H2,1-3H3. The van der Waals surface area contributed by atoms with Crippen LogP contribution in [0.1, 0.15) is 72.1 Å². The lowest BCUT2D eigenvalue weighted by atomic mass is 9.76. The summed E-state index contributed by atoms with van der Waals surface area (Å²) in [6.07, 6.45) is 11.5. The van der Waals surface area contributed by atoms with Crippen molar-refractivity contribution in [1.82, 2.24) is 10.2 Å². The van der Waals surface area contributed by atoms with E-state index in [2.05, 4.69) is 31.0 Å². The van der Waals surface area contributed by atoms with Gasteiger partial charge in [-0.05, 0) is 56.5 Å². The number of hydrogen-bond donors (Lipinski definition) is 1. The molecule has 0 amide bonds. The number of hydrogen-bond acceptors (Lipinski definition) is 2. The lowest BCUT2D eigenvalue weighted by Crippen LogP contribution is -2.52. The fraction of sp³-hybridized carbons (Fsp3) is 1.00. The lowest BCUT2D eigenvalue weighted by Gasteiger charge is -2.47. The van der Waals surface area contributed by atoms with Gasteiger partial charge in [0, 0.05) is 19.1 Å². The van der Waals surface area contributed by atoms with Crippen molar-refractivity contribution in [3.05, 3.63) is 0 Å². The molecule has 3 unspecified atom stereocenters. The maximum Gasteiger partial charge on any atom is 0.0124 e. The van der Waals surface area contributed by atoms with Gasteiger partial charge in [-0.1, -0.05) is 40.0 Å². The van der Waals surface area contributed by atoms with E-state index in [9.17, 15) is 0 Å². The van der Waals surface area contributed by atoms with Crippen LogP contribution in [0.4, 0.5) is 0 Å². The Morgan fingerprint density at radius 3 is 2.60 bits per heavy atom. The van der Waals surface area contributed by atoms with E-state index in [-0.39, 0.29) is 0 Å². The van der Waals surface area contributed by atoms with E-state index in [1.54, 1.807) is 0 Å². The van der Waals surface area contributed by atoms with Crippen molar-refractivity contribution in [2.24, 2.45) is 11.3 Å². The highest BCUT2D eigenvalue weighted by molar-refractivity contribution is 4.91. The van der Waals surface area contributed by atoms with E-state index in [4.69, 9.17) is 0 Å². The third-order valence-corrected chi connectivity index (χ3v) is 5.60. The van der Waals surface area contributed by atoms with E-state index >= 15 is 0 Å². The second kappa shape index (κ2) is 7.79. The van der Waals surface area contributed by atoms with Crippen LogP contribution in [0.5, 0.6) is 0 Å². The molecule has 20 heavy (non-hydrogen) atoms. The zero-order chi connectivity index (χ0) is 14.4. The molecule has 118 valence electrons. The zero-order valence-corrected chi connectivity index (χ0v) is 14.1. The van der Waals surface area contributed by atoms with Crippen molar-refractivity contribution in [1.29, 1.82) is 0 Å². The molecule has 1 saturated heterocycles. The van der Waals surface area contributed by atoms with Crippen molar-refractivity contribution >= 4 is 0 Å².